The SMILES string of the molecule is CCCCN1CCN(C)C1.O=C(O)C(F)(F)C(F)(F)C(F)(F)F. The van der Waals surface area contributed by atoms with Gasteiger partial charge in [0.05, 0.1) is 6.67 Å². The average molecular weight is 356 g/mol. The van der Waals surface area contributed by atoms with Crippen molar-refractivity contribution in [2.75, 3.05) is 33.4 Å². The van der Waals surface area contributed by atoms with Crippen LogP contribution in [0.3, 0.4) is 0 Å². The van der Waals surface area contributed by atoms with Gasteiger partial charge in [0.15, 0.2) is 0 Å². The quantitative estimate of drug-likeness (QED) is 0.770. The van der Waals surface area contributed by atoms with Crippen molar-refractivity contribution in [1.82, 2.24) is 9.80 Å². The van der Waals surface area contributed by atoms with Gasteiger partial charge in [-0.25, -0.2) is 4.79 Å². The maximum absolute atomic E-state index is 11.8. The summed E-state index contributed by atoms with van der Waals surface area (Å²) in [5, 5.41) is 7.41. The third-order valence-electron chi connectivity index (χ3n) is 3.09. The van der Waals surface area contributed by atoms with Gasteiger partial charge in [-0.05, 0) is 20.0 Å². The predicted octanol–water partition coefficient (Wildman–Crippen LogP) is 2.90. The molecule has 1 heterocycles. The van der Waals surface area contributed by atoms with Crippen LogP contribution in [0, 0.1) is 0 Å². The van der Waals surface area contributed by atoms with Crippen molar-refractivity contribution < 1.29 is 40.6 Å². The van der Waals surface area contributed by atoms with Gasteiger partial charge in [0.2, 0.25) is 0 Å². The van der Waals surface area contributed by atoms with Crippen molar-refractivity contribution in [2.24, 2.45) is 0 Å². The highest BCUT2D eigenvalue weighted by Crippen LogP contribution is 2.46. The fourth-order valence-electron chi connectivity index (χ4n) is 1.67. The summed E-state index contributed by atoms with van der Waals surface area (Å²) in [6, 6.07) is 0. The van der Waals surface area contributed by atoms with E-state index in [2.05, 4.69) is 23.8 Å². The first-order valence-corrected chi connectivity index (χ1v) is 6.74. The molecule has 0 unspecified atom stereocenters. The molecule has 1 aliphatic rings. The van der Waals surface area contributed by atoms with Crippen LogP contribution in [0.2, 0.25) is 0 Å². The van der Waals surface area contributed by atoms with Crippen LogP contribution in [0.4, 0.5) is 30.7 Å². The van der Waals surface area contributed by atoms with E-state index in [1.165, 1.54) is 39.1 Å². The Kier molecular flexibility index (Phi) is 7.74. The lowest BCUT2D eigenvalue weighted by molar-refractivity contribution is -0.347. The van der Waals surface area contributed by atoms with Crippen LogP contribution in [-0.2, 0) is 4.79 Å². The minimum atomic E-state index is -6.60. The van der Waals surface area contributed by atoms with Gasteiger partial charge in [-0.1, -0.05) is 13.3 Å². The Morgan fingerprint density at radius 3 is 1.87 bits per heavy atom. The van der Waals surface area contributed by atoms with Crippen molar-refractivity contribution in [3.63, 3.8) is 0 Å². The summed E-state index contributed by atoms with van der Waals surface area (Å²) in [4.78, 5) is 14.3. The summed E-state index contributed by atoms with van der Waals surface area (Å²) in [5.74, 6) is -16.3. The summed E-state index contributed by atoms with van der Waals surface area (Å²) in [5.41, 5.74) is 0. The van der Waals surface area contributed by atoms with Crippen molar-refractivity contribution in [2.45, 2.75) is 37.8 Å². The largest absolute Gasteiger partial charge is 0.477 e. The van der Waals surface area contributed by atoms with Crippen LogP contribution in [-0.4, -0.2) is 72.2 Å². The normalized spacial score (nSPS) is 17.8. The number of carboxylic acid groups (broad SMARTS) is 1. The molecule has 1 saturated heterocycles. The fourth-order valence-corrected chi connectivity index (χ4v) is 1.67. The molecule has 0 aromatic carbocycles. The van der Waals surface area contributed by atoms with E-state index in [1.807, 2.05) is 0 Å². The molecular weight excluding hydrogens is 337 g/mol. The zero-order valence-corrected chi connectivity index (χ0v) is 12.6. The monoisotopic (exact) mass is 356 g/mol. The Bertz CT molecular complexity index is 388. The van der Waals surface area contributed by atoms with Crippen molar-refractivity contribution in [1.29, 1.82) is 0 Å². The van der Waals surface area contributed by atoms with Gasteiger partial charge in [-0.3, -0.25) is 9.80 Å². The maximum Gasteiger partial charge on any atom is 0.460 e. The van der Waals surface area contributed by atoms with Crippen molar-refractivity contribution in [3.05, 3.63) is 0 Å². The predicted molar refractivity (Wildman–Crippen MR) is 67.6 cm³/mol. The summed E-state index contributed by atoms with van der Waals surface area (Å²) < 4.78 is 80.5. The summed E-state index contributed by atoms with van der Waals surface area (Å²) >= 11 is 0. The van der Waals surface area contributed by atoms with Gasteiger partial charge in [0.1, 0.15) is 0 Å². The topological polar surface area (TPSA) is 43.8 Å². The highest BCUT2D eigenvalue weighted by Gasteiger charge is 2.76. The maximum atomic E-state index is 11.8. The van der Waals surface area contributed by atoms with Crippen LogP contribution >= 0.6 is 0 Å². The molecule has 0 aromatic rings. The minimum absolute atomic E-state index is 1.18. The molecule has 1 aliphatic heterocycles. The van der Waals surface area contributed by atoms with E-state index in [4.69, 9.17) is 5.11 Å². The number of halogens is 7. The van der Waals surface area contributed by atoms with Gasteiger partial charge in [-0.2, -0.15) is 30.7 Å². The summed E-state index contributed by atoms with van der Waals surface area (Å²) in [7, 11) is 2.19. The van der Waals surface area contributed by atoms with Crippen LogP contribution in [0.15, 0.2) is 0 Å². The molecule has 1 rings (SSSR count). The molecule has 23 heavy (non-hydrogen) atoms. The van der Waals surface area contributed by atoms with Crippen LogP contribution in [0.1, 0.15) is 19.8 Å². The molecule has 0 saturated carbocycles. The Morgan fingerprint density at radius 1 is 1.09 bits per heavy atom. The molecule has 0 amide bonds. The lowest BCUT2D eigenvalue weighted by Crippen LogP contribution is -2.56. The number of unbranched alkanes of at least 4 members (excludes halogenated alkanes) is 1. The highest BCUT2D eigenvalue weighted by atomic mass is 19.4. The molecule has 1 fully saturated rings. The first-order valence-electron chi connectivity index (χ1n) is 6.74. The molecule has 11 heteroatoms. The molecule has 138 valence electrons. The van der Waals surface area contributed by atoms with Gasteiger partial charge >= 0.3 is 24.0 Å². The molecule has 0 spiro atoms. The second-order valence-electron chi connectivity index (χ2n) is 5.14. The minimum Gasteiger partial charge on any atom is -0.477 e. The third kappa shape index (κ3) is 5.79. The number of nitrogens with zero attached hydrogens (tertiary/aromatic N) is 2. The number of likely N-dealkylation sites (N-methyl/N-ethyl adjacent to an activating group) is 1. The van der Waals surface area contributed by atoms with E-state index in [9.17, 15) is 35.5 Å². The molecular formula is C12H19F7N2O2. The number of hydrogen-bond acceptors (Lipinski definition) is 3. The molecule has 1 N–H and O–H groups in total. The molecule has 4 nitrogen and oxygen atoms in total. The first kappa shape index (κ1) is 21.9. The number of carboxylic acids is 1. The van der Waals surface area contributed by atoms with E-state index in [1.54, 1.807) is 0 Å². The molecule has 0 aliphatic carbocycles. The van der Waals surface area contributed by atoms with Crippen molar-refractivity contribution >= 4 is 5.97 Å². The third-order valence-corrected chi connectivity index (χ3v) is 3.09. The smallest absolute Gasteiger partial charge is 0.460 e. The number of aliphatic carboxylic acids is 1. The van der Waals surface area contributed by atoms with E-state index in [0.29, 0.717) is 0 Å². The van der Waals surface area contributed by atoms with Crippen LogP contribution in [0.25, 0.3) is 0 Å². The number of alkyl halides is 7. The molecule has 0 aromatic heterocycles. The van der Waals surface area contributed by atoms with E-state index < -0.39 is 24.0 Å². The van der Waals surface area contributed by atoms with Gasteiger partial charge in [0, 0.05) is 13.1 Å². The highest BCUT2D eigenvalue weighted by molar-refractivity contribution is 5.76. The second-order valence-corrected chi connectivity index (χ2v) is 5.14. The van der Waals surface area contributed by atoms with Gasteiger partial charge in [0.25, 0.3) is 0 Å². The number of rotatable bonds is 5. The van der Waals surface area contributed by atoms with Crippen LogP contribution < -0.4 is 0 Å². The van der Waals surface area contributed by atoms with Gasteiger partial charge < -0.3 is 5.11 Å². The Morgan fingerprint density at radius 2 is 1.61 bits per heavy atom. The van der Waals surface area contributed by atoms with E-state index >= 15 is 0 Å². The summed E-state index contributed by atoms with van der Waals surface area (Å²) in [6.45, 7) is 7.25. The van der Waals surface area contributed by atoms with Gasteiger partial charge in [-0.15, -0.1) is 0 Å². The van der Waals surface area contributed by atoms with Crippen LogP contribution in [0.5, 0.6) is 0 Å². The van der Waals surface area contributed by atoms with E-state index in [-0.39, 0.29) is 0 Å². The Labute approximate surface area is 128 Å². The van der Waals surface area contributed by atoms with Crippen molar-refractivity contribution in [3.8, 4) is 0 Å². The number of hydrogen-bond donors (Lipinski definition) is 1. The summed E-state index contributed by atoms with van der Waals surface area (Å²) in [6.07, 6.45) is -3.93. The fraction of sp³-hybridized carbons (Fsp3) is 0.917. The first-order chi connectivity index (χ1) is 10.3. The lowest BCUT2D eigenvalue weighted by atomic mass is 10.1. The lowest BCUT2D eigenvalue weighted by Gasteiger charge is -2.24. The van der Waals surface area contributed by atoms with E-state index in [0.717, 1.165) is 0 Å². The zero-order chi connectivity index (χ0) is 18.5. The standard InChI is InChI=1S/C8H18N2.C4HF7O2/c1-3-4-5-10-7-6-9(2)8-10;5-2(6,1(12)13)3(7,8)4(9,10)11/h3-8H2,1-2H3;(H,12,13). The molecule has 0 bridgehead atoms. The molecule has 0 atom stereocenters. The Balaban J connectivity index is 0.000000433. The number of carbonyl (C=O) groups is 1. The Hall–Kier alpha value is -1.10. The zero-order valence-electron chi connectivity index (χ0n) is 12.6. The second kappa shape index (κ2) is 8.13. The molecule has 0 radical (unpaired) electrons. The average Bonchev–Trinajstić information content (AvgIpc) is 2.81.